The second-order valence-corrected chi connectivity index (χ2v) is 2.91. The molecule has 2 nitrogen and oxygen atoms in total. The molecular weight excluding hydrogens is 136 g/mol. The van der Waals surface area contributed by atoms with Crippen LogP contribution >= 0.6 is 0 Å². The van der Waals surface area contributed by atoms with Gasteiger partial charge in [-0.3, -0.25) is 0 Å². The Kier molecular flexibility index (Phi) is 2.69. The minimum Gasteiger partial charge on any atom is -0.332 e. The van der Waals surface area contributed by atoms with Crippen molar-refractivity contribution < 1.29 is 0 Å². The Balaban J connectivity index is 2.81. The van der Waals surface area contributed by atoms with Gasteiger partial charge < -0.3 is 4.57 Å². The lowest BCUT2D eigenvalue weighted by atomic mass is 10.1. The molecule has 62 valence electrons. The highest BCUT2D eigenvalue weighted by molar-refractivity contribution is 4.96. The standard InChI is InChI=1S/C9H16N2/c1-4-9(5-2)11-7-10-6-8(11)3/h6-7,9H,4-5H2,1-3H3. The lowest BCUT2D eigenvalue weighted by Gasteiger charge is -2.15. The van der Waals surface area contributed by atoms with Crippen molar-refractivity contribution in [1.82, 2.24) is 9.55 Å². The van der Waals surface area contributed by atoms with E-state index in [1.54, 1.807) is 0 Å². The maximum atomic E-state index is 4.10. The molecule has 0 spiro atoms. The van der Waals surface area contributed by atoms with Crippen LogP contribution in [0.3, 0.4) is 0 Å². The van der Waals surface area contributed by atoms with Gasteiger partial charge >= 0.3 is 0 Å². The van der Waals surface area contributed by atoms with Crippen LogP contribution in [0.5, 0.6) is 0 Å². The minimum absolute atomic E-state index is 0.637. The average molecular weight is 152 g/mol. The van der Waals surface area contributed by atoms with Crippen molar-refractivity contribution >= 4 is 0 Å². The van der Waals surface area contributed by atoms with E-state index >= 15 is 0 Å². The summed E-state index contributed by atoms with van der Waals surface area (Å²) in [6, 6.07) is 0.637. The van der Waals surface area contributed by atoms with Gasteiger partial charge in [-0.25, -0.2) is 4.98 Å². The first-order valence-corrected chi connectivity index (χ1v) is 4.28. The fourth-order valence-corrected chi connectivity index (χ4v) is 1.44. The quantitative estimate of drug-likeness (QED) is 0.650. The Morgan fingerprint density at radius 3 is 2.45 bits per heavy atom. The highest BCUT2D eigenvalue weighted by Crippen LogP contribution is 2.16. The molecule has 0 atom stereocenters. The number of nitrogens with zero attached hydrogens (tertiary/aromatic N) is 2. The molecule has 1 aromatic rings. The molecule has 0 saturated heterocycles. The van der Waals surface area contributed by atoms with Gasteiger partial charge in [0.15, 0.2) is 0 Å². The van der Waals surface area contributed by atoms with Crippen molar-refractivity contribution in [3.05, 3.63) is 18.2 Å². The molecule has 11 heavy (non-hydrogen) atoms. The summed E-state index contributed by atoms with van der Waals surface area (Å²) in [4.78, 5) is 4.10. The van der Waals surface area contributed by atoms with E-state index < -0.39 is 0 Å². The minimum atomic E-state index is 0.637. The van der Waals surface area contributed by atoms with Crippen LogP contribution in [-0.4, -0.2) is 9.55 Å². The van der Waals surface area contributed by atoms with E-state index in [1.165, 1.54) is 18.5 Å². The second-order valence-electron chi connectivity index (χ2n) is 2.91. The third-order valence-corrected chi connectivity index (χ3v) is 2.20. The van der Waals surface area contributed by atoms with E-state index in [4.69, 9.17) is 0 Å². The lowest BCUT2D eigenvalue weighted by Crippen LogP contribution is -2.06. The van der Waals surface area contributed by atoms with Gasteiger partial charge in [0, 0.05) is 17.9 Å². The van der Waals surface area contributed by atoms with Crippen LogP contribution in [0.25, 0.3) is 0 Å². The summed E-state index contributed by atoms with van der Waals surface area (Å²) in [5.74, 6) is 0. The number of aromatic nitrogens is 2. The third-order valence-electron chi connectivity index (χ3n) is 2.20. The molecule has 0 aromatic carbocycles. The Labute approximate surface area is 68.3 Å². The molecule has 0 fully saturated rings. The first kappa shape index (κ1) is 8.31. The predicted molar refractivity (Wildman–Crippen MR) is 46.6 cm³/mol. The van der Waals surface area contributed by atoms with E-state index in [1.807, 2.05) is 12.5 Å². The first-order chi connectivity index (χ1) is 5.29. The number of rotatable bonds is 3. The second kappa shape index (κ2) is 3.56. The Morgan fingerprint density at radius 2 is 2.09 bits per heavy atom. The van der Waals surface area contributed by atoms with Crippen LogP contribution in [0.15, 0.2) is 12.5 Å². The molecule has 1 heterocycles. The summed E-state index contributed by atoms with van der Waals surface area (Å²) in [7, 11) is 0. The zero-order valence-electron chi connectivity index (χ0n) is 7.54. The van der Waals surface area contributed by atoms with Gasteiger partial charge in [-0.1, -0.05) is 13.8 Å². The van der Waals surface area contributed by atoms with E-state index in [-0.39, 0.29) is 0 Å². The lowest BCUT2D eigenvalue weighted by molar-refractivity contribution is 0.463. The highest BCUT2D eigenvalue weighted by Gasteiger charge is 2.06. The molecule has 1 aromatic heterocycles. The summed E-state index contributed by atoms with van der Waals surface area (Å²) in [6.45, 7) is 6.53. The fourth-order valence-electron chi connectivity index (χ4n) is 1.44. The van der Waals surface area contributed by atoms with Crippen molar-refractivity contribution in [2.75, 3.05) is 0 Å². The molecule has 0 unspecified atom stereocenters. The number of imidazole rings is 1. The van der Waals surface area contributed by atoms with Gasteiger partial charge in [-0.05, 0) is 19.8 Å². The smallest absolute Gasteiger partial charge is 0.0950 e. The Hall–Kier alpha value is -0.790. The van der Waals surface area contributed by atoms with E-state index in [2.05, 4.69) is 30.3 Å². The zero-order valence-corrected chi connectivity index (χ0v) is 7.54. The number of hydrogen-bond acceptors (Lipinski definition) is 1. The maximum Gasteiger partial charge on any atom is 0.0950 e. The molecule has 0 aliphatic rings. The van der Waals surface area contributed by atoms with Crippen LogP contribution in [-0.2, 0) is 0 Å². The monoisotopic (exact) mass is 152 g/mol. The predicted octanol–water partition coefficient (Wildman–Crippen LogP) is 2.55. The summed E-state index contributed by atoms with van der Waals surface area (Å²) in [5, 5.41) is 0. The Morgan fingerprint density at radius 1 is 1.45 bits per heavy atom. The normalized spacial score (nSPS) is 10.9. The summed E-state index contributed by atoms with van der Waals surface area (Å²) in [5.41, 5.74) is 1.26. The van der Waals surface area contributed by atoms with Crippen molar-refractivity contribution in [2.45, 2.75) is 39.7 Å². The summed E-state index contributed by atoms with van der Waals surface area (Å²) >= 11 is 0. The Bertz CT molecular complexity index is 211. The van der Waals surface area contributed by atoms with Crippen LogP contribution < -0.4 is 0 Å². The van der Waals surface area contributed by atoms with Crippen molar-refractivity contribution in [1.29, 1.82) is 0 Å². The largest absolute Gasteiger partial charge is 0.332 e. The fraction of sp³-hybridized carbons (Fsp3) is 0.667. The van der Waals surface area contributed by atoms with Crippen LogP contribution in [0.1, 0.15) is 38.4 Å². The number of hydrogen-bond donors (Lipinski definition) is 0. The molecule has 0 aliphatic heterocycles. The van der Waals surface area contributed by atoms with Gasteiger partial charge in [-0.2, -0.15) is 0 Å². The van der Waals surface area contributed by atoms with E-state index in [0.29, 0.717) is 6.04 Å². The maximum absolute atomic E-state index is 4.10. The van der Waals surface area contributed by atoms with Crippen LogP contribution in [0, 0.1) is 6.92 Å². The molecule has 2 heteroatoms. The third kappa shape index (κ3) is 1.62. The number of aryl methyl sites for hydroxylation is 1. The molecule has 0 aliphatic carbocycles. The summed E-state index contributed by atoms with van der Waals surface area (Å²) < 4.78 is 2.25. The molecule has 0 N–H and O–H groups in total. The SMILES string of the molecule is CCC(CC)n1cncc1C. The first-order valence-electron chi connectivity index (χ1n) is 4.28. The topological polar surface area (TPSA) is 17.8 Å². The van der Waals surface area contributed by atoms with Crippen LogP contribution in [0.4, 0.5) is 0 Å². The molecular formula is C9H16N2. The molecule has 1 rings (SSSR count). The summed E-state index contributed by atoms with van der Waals surface area (Å²) in [6.07, 6.45) is 6.22. The van der Waals surface area contributed by atoms with Gasteiger partial charge in [0.25, 0.3) is 0 Å². The average Bonchev–Trinajstić information content (AvgIpc) is 2.40. The molecule has 0 amide bonds. The molecule has 0 radical (unpaired) electrons. The van der Waals surface area contributed by atoms with Crippen molar-refractivity contribution in [3.8, 4) is 0 Å². The van der Waals surface area contributed by atoms with Crippen molar-refractivity contribution in [3.63, 3.8) is 0 Å². The molecule has 0 bridgehead atoms. The van der Waals surface area contributed by atoms with Gasteiger partial charge in [0.1, 0.15) is 0 Å². The van der Waals surface area contributed by atoms with Gasteiger partial charge in [0.05, 0.1) is 6.33 Å². The van der Waals surface area contributed by atoms with Crippen molar-refractivity contribution in [2.24, 2.45) is 0 Å². The van der Waals surface area contributed by atoms with E-state index in [0.717, 1.165) is 0 Å². The highest BCUT2D eigenvalue weighted by atomic mass is 15.1. The zero-order chi connectivity index (χ0) is 8.27. The molecule has 0 saturated carbocycles. The van der Waals surface area contributed by atoms with Gasteiger partial charge in [0.2, 0.25) is 0 Å². The van der Waals surface area contributed by atoms with Crippen LogP contribution in [0.2, 0.25) is 0 Å². The van der Waals surface area contributed by atoms with Gasteiger partial charge in [-0.15, -0.1) is 0 Å². The van der Waals surface area contributed by atoms with E-state index in [9.17, 15) is 0 Å².